The minimum absolute atomic E-state index is 0.0854. The number of nitrogens with zero attached hydrogens (tertiary/aromatic N) is 3. The smallest absolute Gasteiger partial charge is 0.144 e. The maximum atomic E-state index is 11.7. The molecular weight excluding hydrogens is 526 g/mol. The second-order valence-electron chi connectivity index (χ2n) is 13.5. The number of imidazole rings is 1. The van der Waals surface area contributed by atoms with Crippen LogP contribution in [0.15, 0.2) is 103 Å². The zero-order chi connectivity index (χ0) is 30.5. The molecule has 2 heterocycles. The topological polar surface area (TPSA) is 50.9 Å². The molecule has 0 saturated heterocycles. The van der Waals surface area contributed by atoms with Crippen LogP contribution in [-0.2, 0) is 17.9 Å². The van der Waals surface area contributed by atoms with E-state index < -0.39 is 0 Å². The second-order valence-corrected chi connectivity index (χ2v) is 13.5. The third kappa shape index (κ3) is 5.34. The van der Waals surface area contributed by atoms with Crippen LogP contribution < -0.4 is 0 Å². The number of para-hydroxylation sites is 1. The molecule has 1 N–H and O–H groups in total. The highest BCUT2D eigenvalue weighted by atomic mass is 16.3. The van der Waals surface area contributed by atoms with Gasteiger partial charge in [0.1, 0.15) is 11.6 Å². The molecule has 216 valence electrons. The number of rotatable bonds is 4. The van der Waals surface area contributed by atoms with E-state index in [0.29, 0.717) is 5.75 Å². The number of aryl methyl sites for hydroxylation is 1. The summed E-state index contributed by atoms with van der Waals surface area (Å²) in [6.07, 6.45) is 1.83. The molecule has 0 atom stereocenters. The van der Waals surface area contributed by atoms with Gasteiger partial charge in [-0.2, -0.15) is 0 Å². The lowest BCUT2D eigenvalue weighted by Crippen LogP contribution is -2.17. The molecule has 0 aliphatic heterocycles. The lowest BCUT2D eigenvalue weighted by molar-refractivity contribution is 0.446. The minimum Gasteiger partial charge on any atom is -0.507 e. The van der Waals surface area contributed by atoms with Gasteiger partial charge >= 0.3 is 0 Å². The van der Waals surface area contributed by atoms with Crippen LogP contribution in [-0.4, -0.2) is 19.6 Å². The van der Waals surface area contributed by atoms with Crippen LogP contribution in [0.25, 0.3) is 55.9 Å². The maximum Gasteiger partial charge on any atom is 0.144 e. The number of pyridine rings is 1. The summed E-state index contributed by atoms with van der Waals surface area (Å²) in [6, 6.07) is 33.7. The number of fused-ring (bicyclic) bond motifs is 1. The average Bonchev–Trinajstić information content (AvgIpc) is 3.33. The van der Waals surface area contributed by atoms with E-state index in [2.05, 4.69) is 124 Å². The van der Waals surface area contributed by atoms with Crippen molar-refractivity contribution in [3.05, 3.63) is 114 Å². The van der Waals surface area contributed by atoms with Crippen molar-refractivity contribution in [3.8, 4) is 50.6 Å². The predicted molar refractivity (Wildman–Crippen MR) is 179 cm³/mol. The van der Waals surface area contributed by atoms with Gasteiger partial charge in [-0.05, 0) is 75.5 Å². The van der Waals surface area contributed by atoms with Crippen molar-refractivity contribution in [2.75, 3.05) is 0 Å². The van der Waals surface area contributed by atoms with Crippen molar-refractivity contribution < 1.29 is 5.11 Å². The fourth-order valence-corrected chi connectivity index (χ4v) is 5.76. The molecule has 4 heteroatoms. The van der Waals surface area contributed by atoms with Gasteiger partial charge in [-0.3, -0.25) is 4.98 Å². The van der Waals surface area contributed by atoms with E-state index in [9.17, 15) is 5.11 Å². The lowest BCUT2D eigenvalue weighted by Gasteiger charge is -2.27. The number of benzene rings is 4. The number of phenols is 1. The highest BCUT2D eigenvalue weighted by molar-refractivity contribution is 5.96. The Balaban J connectivity index is 1.60. The van der Waals surface area contributed by atoms with Gasteiger partial charge in [0, 0.05) is 29.9 Å². The molecule has 2 aromatic heterocycles. The third-order valence-corrected chi connectivity index (χ3v) is 8.25. The molecule has 43 heavy (non-hydrogen) atoms. The zero-order valence-corrected chi connectivity index (χ0v) is 26.1. The van der Waals surface area contributed by atoms with E-state index in [-0.39, 0.29) is 10.8 Å². The van der Waals surface area contributed by atoms with E-state index in [1.807, 2.05) is 37.5 Å². The predicted octanol–water partition coefficient (Wildman–Crippen LogP) is 9.94. The largest absolute Gasteiger partial charge is 0.507 e. The molecule has 0 spiro atoms. The summed E-state index contributed by atoms with van der Waals surface area (Å²) in [4.78, 5) is 9.92. The Bertz CT molecular complexity index is 1880. The van der Waals surface area contributed by atoms with Crippen LogP contribution in [0.2, 0.25) is 0 Å². The Hall–Kier alpha value is -4.70. The molecule has 4 aromatic carbocycles. The Labute approximate surface area is 254 Å². The molecule has 0 unspecified atom stereocenters. The Kier molecular flexibility index (Phi) is 6.96. The SMILES string of the molecule is Cn1c(-c2cc(C(C)(C)C)cc(C(C)(C)C)c2O)nc2c(-c3cc(-c4ccccc4)cc(-c4ccccn4)c3)cccc21. The highest BCUT2D eigenvalue weighted by Crippen LogP contribution is 2.43. The van der Waals surface area contributed by atoms with Gasteiger partial charge < -0.3 is 9.67 Å². The monoisotopic (exact) mass is 565 g/mol. The van der Waals surface area contributed by atoms with E-state index in [1.165, 1.54) is 5.56 Å². The van der Waals surface area contributed by atoms with Gasteiger partial charge in [-0.25, -0.2) is 4.98 Å². The van der Waals surface area contributed by atoms with Crippen molar-refractivity contribution >= 4 is 11.0 Å². The molecule has 0 bridgehead atoms. The molecule has 4 nitrogen and oxygen atoms in total. The minimum atomic E-state index is -0.227. The summed E-state index contributed by atoms with van der Waals surface area (Å²) in [5.74, 6) is 1.05. The first-order valence-corrected chi connectivity index (χ1v) is 14.9. The van der Waals surface area contributed by atoms with E-state index in [0.717, 1.165) is 61.5 Å². The van der Waals surface area contributed by atoms with Gasteiger partial charge in [0.2, 0.25) is 0 Å². The molecular formula is C39H39N3O. The summed E-state index contributed by atoms with van der Waals surface area (Å²) in [6.45, 7) is 13.1. The van der Waals surface area contributed by atoms with Crippen molar-refractivity contribution in [2.45, 2.75) is 52.4 Å². The van der Waals surface area contributed by atoms with E-state index in [1.54, 1.807) is 0 Å². The van der Waals surface area contributed by atoms with Gasteiger partial charge in [0.25, 0.3) is 0 Å². The first-order chi connectivity index (χ1) is 20.4. The summed E-state index contributed by atoms with van der Waals surface area (Å²) in [5, 5.41) is 11.7. The van der Waals surface area contributed by atoms with Crippen LogP contribution in [0.5, 0.6) is 5.75 Å². The molecule has 0 aliphatic carbocycles. The number of phenolic OH excluding ortho intramolecular Hbond substituents is 1. The fourth-order valence-electron chi connectivity index (χ4n) is 5.76. The third-order valence-electron chi connectivity index (χ3n) is 8.25. The van der Waals surface area contributed by atoms with E-state index in [4.69, 9.17) is 4.98 Å². The molecule has 0 fully saturated rings. The van der Waals surface area contributed by atoms with Crippen LogP contribution in [0.3, 0.4) is 0 Å². The first kappa shape index (κ1) is 28.4. The first-order valence-electron chi connectivity index (χ1n) is 14.9. The number of hydrogen-bond donors (Lipinski definition) is 1. The van der Waals surface area contributed by atoms with Gasteiger partial charge in [0.15, 0.2) is 0 Å². The van der Waals surface area contributed by atoms with E-state index >= 15 is 0 Å². The maximum absolute atomic E-state index is 11.7. The summed E-state index contributed by atoms with van der Waals surface area (Å²) >= 11 is 0. The highest BCUT2D eigenvalue weighted by Gasteiger charge is 2.27. The lowest BCUT2D eigenvalue weighted by atomic mass is 9.79. The molecule has 0 radical (unpaired) electrons. The standard InChI is InChI=1S/C39H39N3O/c1-38(2,3)29-23-31(36(43)32(24-29)39(4,5)6)37-41-35-30(16-13-18-34(35)42(37)7)27-20-26(25-14-9-8-10-15-25)21-28(22-27)33-17-11-12-19-40-33/h8-24,43H,1-7H3. The quantitative estimate of drug-likeness (QED) is 0.231. The summed E-state index contributed by atoms with van der Waals surface area (Å²) in [5.41, 5.74) is 10.8. The van der Waals surface area contributed by atoms with Crippen LogP contribution in [0.4, 0.5) is 0 Å². The number of aromatic hydroxyl groups is 1. The Morgan fingerprint density at radius 3 is 2.00 bits per heavy atom. The molecule has 0 saturated carbocycles. The second kappa shape index (κ2) is 10.5. The van der Waals surface area contributed by atoms with Crippen molar-refractivity contribution in [1.29, 1.82) is 0 Å². The molecule has 0 aliphatic rings. The van der Waals surface area contributed by atoms with Crippen LogP contribution in [0.1, 0.15) is 52.7 Å². The fraction of sp³-hybridized carbons (Fsp3) is 0.231. The number of hydrogen-bond acceptors (Lipinski definition) is 3. The van der Waals surface area contributed by atoms with Crippen LogP contribution >= 0.6 is 0 Å². The average molecular weight is 566 g/mol. The molecule has 6 aromatic rings. The summed E-state index contributed by atoms with van der Waals surface area (Å²) < 4.78 is 2.10. The molecule has 6 rings (SSSR count). The number of aromatic nitrogens is 3. The van der Waals surface area contributed by atoms with Crippen molar-refractivity contribution in [3.63, 3.8) is 0 Å². The normalized spacial score (nSPS) is 12.2. The zero-order valence-electron chi connectivity index (χ0n) is 26.1. The Morgan fingerprint density at radius 2 is 1.33 bits per heavy atom. The van der Waals surface area contributed by atoms with Gasteiger partial charge in [-0.1, -0.05) is 96.1 Å². The van der Waals surface area contributed by atoms with Crippen LogP contribution in [0, 0.1) is 0 Å². The van der Waals surface area contributed by atoms with Crippen molar-refractivity contribution in [1.82, 2.24) is 14.5 Å². The van der Waals surface area contributed by atoms with Gasteiger partial charge in [-0.15, -0.1) is 0 Å². The Morgan fingerprint density at radius 1 is 0.628 bits per heavy atom. The van der Waals surface area contributed by atoms with Gasteiger partial charge in [0.05, 0.1) is 22.3 Å². The van der Waals surface area contributed by atoms with Crippen molar-refractivity contribution in [2.24, 2.45) is 7.05 Å². The molecule has 0 amide bonds. The summed E-state index contributed by atoms with van der Waals surface area (Å²) in [7, 11) is 2.04.